The molecule has 0 heterocycles. The first-order chi connectivity index (χ1) is 13.8. The molecule has 1 amide bonds. The van der Waals surface area contributed by atoms with Crippen molar-refractivity contribution in [1.29, 1.82) is 0 Å². The smallest absolute Gasteiger partial charge is 0.331 e. The van der Waals surface area contributed by atoms with Gasteiger partial charge >= 0.3 is 5.97 Å². The normalized spacial score (nSPS) is 14.8. The van der Waals surface area contributed by atoms with Gasteiger partial charge in [-0.05, 0) is 50.5 Å². The number of nitrogens with zero attached hydrogens (tertiary/aromatic N) is 1. The highest BCUT2D eigenvalue weighted by molar-refractivity contribution is 6.32. The molecule has 0 bridgehead atoms. The summed E-state index contributed by atoms with van der Waals surface area (Å²) in [5.41, 5.74) is 0.658. The van der Waals surface area contributed by atoms with Crippen molar-refractivity contribution in [2.45, 2.75) is 58.1 Å². The lowest BCUT2D eigenvalue weighted by Crippen LogP contribution is -2.40. The van der Waals surface area contributed by atoms with E-state index in [1.165, 1.54) is 19.6 Å². The molecule has 0 aromatic heterocycles. The zero-order valence-electron chi connectivity index (χ0n) is 17.6. The second kappa shape index (κ2) is 11.1. The summed E-state index contributed by atoms with van der Waals surface area (Å²) >= 11 is 6.28. The minimum atomic E-state index is -0.590. The van der Waals surface area contributed by atoms with Gasteiger partial charge in [-0.15, -0.1) is 0 Å². The van der Waals surface area contributed by atoms with Gasteiger partial charge in [-0.3, -0.25) is 4.79 Å². The minimum absolute atomic E-state index is 0.0537. The van der Waals surface area contributed by atoms with E-state index in [4.69, 9.17) is 25.8 Å². The molecule has 0 radical (unpaired) electrons. The number of methoxy groups -OCH3 is 1. The summed E-state index contributed by atoms with van der Waals surface area (Å²) in [5, 5.41) is 0.385. The summed E-state index contributed by atoms with van der Waals surface area (Å²) in [4.78, 5) is 26.0. The third-order valence-electron chi connectivity index (χ3n) is 4.87. The fraction of sp³-hybridized carbons (Fsp3) is 0.545. The Labute approximate surface area is 177 Å². The van der Waals surface area contributed by atoms with E-state index in [2.05, 4.69) is 0 Å². The number of ether oxygens (including phenoxy) is 3. The van der Waals surface area contributed by atoms with Gasteiger partial charge in [-0.1, -0.05) is 30.9 Å². The number of hydrogen-bond donors (Lipinski definition) is 0. The van der Waals surface area contributed by atoms with Crippen molar-refractivity contribution >= 4 is 29.6 Å². The molecule has 0 unspecified atom stereocenters. The first-order valence-corrected chi connectivity index (χ1v) is 10.3. The minimum Gasteiger partial charge on any atom is -0.493 e. The average Bonchev–Trinajstić information content (AvgIpc) is 2.71. The molecule has 6 nitrogen and oxygen atoms in total. The highest BCUT2D eigenvalue weighted by atomic mass is 35.5. The van der Waals surface area contributed by atoms with Crippen molar-refractivity contribution in [3.63, 3.8) is 0 Å². The van der Waals surface area contributed by atoms with Crippen molar-refractivity contribution in [3.8, 4) is 11.5 Å². The van der Waals surface area contributed by atoms with Crippen molar-refractivity contribution < 1.29 is 23.8 Å². The molecule has 1 aliphatic rings. The van der Waals surface area contributed by atoms with E-state index in [1.54, 1.807) is 30.2 Å². The van der Waals surface area contributed by atoms with Crippen molar-refractivity contribution in [2.24, 2.45) is 0 Å². The van der Waals surface area contributed by atoms with Crippen LogP contribution >= 0.6 is 11.6 Å². The van der Waals surface area contributed by atoms with Crippen molar-refractivity contribution in [2.75, 3.05) is 20.8 Å². The van der Waals surface area contributed by atoms with E-state index < -0.39 is 5.97 Å². The van der Waals surface area contributed by atoms with Gasteiger partial charge in [0.2, 0.25) is 0 Å². The molecule has 1 aromatic carbocycles. The van der Waals surface area contributed by atoms with Crippen molar-refractivity contribution in [3.05, 3.63) is 28.8 Å². The summed E-state index contributed by atoms with van der Waals surface area (Å²) in [6.07, 6.45) is 8.28. The van der Waals surface area contributed by atoms with Gasteiger partial charge in [0.1, 0.15) is 0 Å². The maximum Gasteiger partial charge on any atom is 0.331 e. The molecule has 160 valence electrons. The van der Waals surface area contributed by atoms with Gasteiger partial charge in [-0.2, -0.15) is 0 Å². The summed E-state index contributed by atoms with van der Waals surface area (Å²) in [7, 11) is 3.30. The Hall–Kier alpha value is -2.21. The van der Waals surface area contributed by atoms with E-state index in [0.717, 1.165) is 25.7 Å². The fourth-order valence-electron chi connectivity index (χ4n) is 3.31. The molecule has 0 spiro atoms. The number of rotatable bonds is 8. The first-order valence-electron chi connectivity index (χ1n) is 9.96. The topological polar surface area (TPSA) is 65.1 Å². The van der Waals surface area contributed by atoms with Gasteiger partial charge < -0.3 is 19.1 Å². The van der Waals surface area contributed by atoms with Crippen LogP contribution in [0.1, 0.15) is 51.5 Å². The molecular weight excluding hydrogens is 394 g/mol. The summed E-state index contributed by atoms with van der Waals surface area (Å²) in [6, 6.07) is 3.63. The van der Waals surface area contributed by atoms with E-state index >= 15 is 0 Å². The SMILES string of the molecule is COc1cc(/C=C/C(=O)OCC(=O)N(C)C2CCCCC2)cc(Cl)c1OC(C)C. The second-order valence-corrected chi connectivity index (χ2v) is 7.85. The molecule has 0 saturated heterocycles. The molecule has 0 N–H and O–H groups in total. The zero-order valence-corrected chi connectivity index (χ0v) is 18.3. The van der Waals surface area contributed by atoms with Crippen LogP contribution in [0.15, 0.2) is 18.2 Å². The highest BCUT2D eigenvalue weighted by Crippen LogP contribution is 2.37. The highest BCUT2D eigenvalue weighted by Gasteiger charge is 2.22. The summed E-state index contributed by atoms with van der Waals surface area (Å²) < 4.78 is 16.1. The fourth-order valence-corrected chi connectivity index (χ4v) is 3.57. The molecule has 1 aliphatic carbocycles. The standard InChI is InChI=1S/C22H30ClNO5/c1-15(2)29-22-18(23)12-16(13-19(22)27-4)10-11-21(26)28-14-20(25)24(3)17-8-6-5-7-9-17/h10-13,15,17H,5-9,14H2,1-4H3/b11-10+. The lowest BCUT2D eigenvalue weighted by molar-refractivity contribution is -0.148. The predicted molar refractivity (Wildman–Crippen MR) is 113 cm³/mol. The van der Waals surface area contributed by atoms with Crippen LogP contribution in [0.3, 0.4) is 0 Å². The molecule has 1 fully saturated rings. The van der Waals surface area contributed by atoms with Gasteiger partial charge in [-0.25, -0.2) is 4.79 Å². The predicted octanol–water partition coefficient (Wildman–Crippen LogP) is 4.48. The first kappa shape index (κ1) is 23.1. The van der Waals surface area contributed by atoms with Gasteiger partial charge in [0.15, 0.2) is 18.1 Å². The number of carbonyl (C=O) groups is 2. The van der Waals surface area contributed by atoms with Crippen LogP contribution in [0.4, 0.5) is 0 Å². The Kier molecular flexibility index (Phi) is 8.83. The lowest BCUT2D eigenvalue weighted by Gasteiger charge is -2.31. The number of carbonyl (C=O) groups excluding carboxylic acids is 2. The van der Waals surface area contributed by atoms with Crippen LogP contribution in [0.2, 0.25) is 5.02 Å². The third kappa shape index (κ3) is 6.96. The second-order valence-electron chi connectivity index (χ2n) is 7.44. The Morgan fingerprint density at radius 3 is 2.55 bits per heavy atom. The van der Waals surface area contributed by atoms with Crippen LogP contribution in [-0.4, -0.2) is 49.7 Å². The third-order valence-corrected chi connectivity index (χ3v) is 5.15. The van der Waals surface area contributed by atoms with Gasteiger partial charge in [0, 0.05) is 19.2 Å². The van der Waals surface area contributed by atoms with E-state index in [0.29, 0.717) is 22.1 Å². The Bertz CT molecular complexity index is 741. The zero-order chi connectivity index (χ0) is 21.4. The molecule has 7 heteroatoms. The Balaban J connectivity index is 1.92. The van der Waals surface area contributed by atoms with Crippen LogP contribution in [0, 0.1) is 0 Å². The van der Waals surface area contributed by atoms with Crippen LogP contribution < -0.4 is 9.47 Å². The van der Waals surface area contributed by atoms with Crippen LogP contribution in [0.25, 0.3) is 6.08 Å². The largest absolute Gasteiger partial charge is 0.493 e. The summed E-state index contributed by atoms with van der Waals surface area (Å²) in [6.45, 7) is 3.53. The van der Waals surface area contributed by atoms with Crippen molar-refractivity contribution in [1.82, 2.24) is 4.90 Å². The molecule has 1 aromatic rings. The van der Waals surface area contributed by atoms with Gasteiger partial charge in [0.25, 0.3) is 5.91 Å². The quantitative estimate of drug-likeness (QED) is 0.455. The van der Waals surface area contributed by atoms with Gasteiger partial charge in [0.05, 0.1) is 18.2 Å². The number of amides is 1. The molecule has 29 heavy (non-hydrogen) atoms. The Morgan fingerprint density at radius 1 is 1.24 bits per heavy atom. The molecule has 2 rings (SSSR count). The number of esters is 1. The lowest BCUT2D eigenvalue weighted by atomic mass is 9.94. The molecule has 1 saturated carbocycles. The van der Waals surface area contributed by atoms with E-state index in [1.807, 2.05) is 13.8 Å². The maximum absolute atomic E-state index is 12.3. The number of benzene rings is 1. The monoisotopic (exact) mass is 423 g/mol. The molecule has 0 atom stereocenters. The number of halogens is 1. The van der Waals surface area contributed by atoms with E-state index in [9.17, 15) is 9.59 Å². The number of hydrogen-bond acceptors (Lipinski definition) is 5. The number of likely N-dealkylation sites (N-methyl/N-ethyl adjacent to an activating group) is 1. The molecule has 0 aliphatic heterocycles. The van der Waals surface area contributed by atoms with E-state index in [-0.39, 0.29) is 24.7 Å². The maximum atomic E-state index is 12.3. The molecular formula is C22H30ClNO5. The van der Waals surface area contributed by atoms with Crippen LogP contribution in [-0.2, 0) is 14.3 Å². The average molecular weight is 424 g/mol. The summed E-state index contributed by atoms with van der Waals surface area (Å²) in [5.74, 6) is 0.162. The Morgan fingerprint density at radius 2 is 1.93 bits per heavy atom. The van der Waals surface area contributed by atoms with Crippen LogP contribution in [0.5, 0.6) is 11.5 Å².